The van der Waals surface area contributed by atoms with Gasteiger partial charge in [-0.2, -0.15) is 5.26 Å². The predicted molar refractivity (Wildman–Crippen MR) is 50.0 cm³/mol. The van der Waals surface area contributed by atoms with Crippen molar-refractivity contribution in [2.45, 2.75) is 19.3 Å². The number of nitrogens with zero attached hydrogens (tertiary/aromatic N) is 2. The first-order chi connectivity index (χ1) is 5.84. The monoisotopic (exact) mass is 180 g/mol. The van der Waals surface area contributed by atoms with Crippen molar-refractivity contribution in [3.63, 3.8) is 0 Å². The SMILES string of the molecule is N#CC1=C/N=C\CCC/C=C\1Cl. The van der Waals surface area contributed by atoms with E-state index in [0.717, 1.165) is 19.3 Å². The largest absolute Gasteiger partial charge is 0.268 e. The molecule has 0 amide bonds. The first-order valence-corrected chi connectivity index (χ1v) is 4.20. The van der Waals surface area contributed by atoms with Gasteiger partial charge in [-0.15, -0.1) is 0 Å². The van der Waals surface area contributed by atoms with Gasteiger partial charge in [0.2, 0.25) is 0 Å². The van der Waals surface area contributed by atoms with Crippen LogP contribution in [0.25, 0.3) is 0 Å². The summed E-state index contributed by atoms with van der Waals surface area (Å²) in [6.07, 6.45) is 8.06. The fraction of sp³-hybridized carbons (Fsp3) is 0.333. The Bertz CT molecular complexity index is 281. The summed E-state index contributed by atoms with van der Waals surface area (Å²) in [5.74, 6) is 0. The van der Waals surface area contributed by atoms with Gasteiger partial charge in [-0.25, -0.2) is 0 Å². The molecule has 12 heavy (non-hydrogen) atoms. The van der Waals surface area contributed by atoms with E-state index in [4.69, 9.17) is 16.9 Å². The summed E-state index contributed by atoms with van der Waals surface area (Å²) >= 11 is 5.83. The molecule has 1 rings (SSSR count). The molecule has 0 saturated carbocycles. The minimum absolute atomic E-state index is 0.440. The summed E-state index contributed by atoms with van der Waals surface area (Å²) in [5, 5.41) is 9.16. The highest BCUT2D eigenvalue weighted by molar-refractivity contribution is 6.32. The molecule has 0 atom stereocenters. The van der Waals surface area contributed by atoms with Crippen LogP contribution in [0.15, 0.2) is 27.9 Å². The van der Waals surface area contributed by atoms with Crippen LogP contribution in [0, 0.1) is 11.3 Å². The second-order valence-corrected chi connectivity index (χ2v) is 2.88. The van der Waals surface area contributed by atoms with E-state index in [9.17, 15) is 0 Å². The van der Waals surface area contributed by atoms with Gasteiger partial charge in [-0.1, -0.05) is 17.7 Å². The van der Waals surface area contributed by atoms with Crippen molar-refractivity contribution in [3.8, 4) is 6.07 Å². The summed E-state index contributed by atoms with van der Waals surface area (Å²) < 4.78 is 0. The van der Waals surface area contributed by atoms with Crippen LogP contribution in [-0.2, 0) is 0 Å². The third kappa shape index (κ3) is 2.52. The van der Waals surface area contributed by atoms with Crippen LogP contribution in [-0.4, -0.2) is 6.21 Å². The quantitative estimate of drug-likeness (QED) is 0.565. The van der Waals surface area contributed by atoms with Gasteiger partial charge in [0.25, 0.3) is 0 Å². The van der Waals surface area contributed by atoms with Crippen LogP contribution in [0.4, 0.5) is 0 Å². The fourth-order valence-corrected chi connectivity index (χ4v) is 1.09. The third-order valence-electron chi connectivity index (χ3n) is 1.55. The van der Waals surface area contributed by atoms with Crippen molar-refractivity contribution < 1.29 is 0 Å². The number of hydrogen-bond donors (Lipinski definition) is 0. The Morgan fingerprint density at radius 2 is 2.33 bits per heavy atom. The highest BCUT2D eigenvalue weighted by Gasteiger charge is 2.00. The summed E-state index contributed by atoms with van der Waals surface area (Å²) in [6, 6.07) is 2.00. The Morgan fingerprint density at radius 1 is 1.50 bits per heavy atom. The average Bonchev–Trinajstić information content (AvgIpc) is 2.17. The first kappa shape index (κ1) is 9.02. The van der Waals surface area contributed by atoms with Crippen molar-refractivity contribution in [3.05, 3.63) is 22.9 Å². The minimum atomic E-state index is 0.440. The molecule has 0 aromatic rings. The number of allylic oxidation sites excluding steroid dienone is 3. The maximum Gasteiger partial charge on any atom is 0.102 e. The molecule has 1 aliphatic rings. The van der Waals surface area contributed by atoms with Crippen molar-refractivity contribution in [1.82, 2.24) is 0 Å². The molecule has 0 saturated heterocycles. The lowest BCUT2D eigenvalue weighted by Gasteiger charge is -1.92. The molecule has 0 aromatic heterocycles. The molecule has 0 bridgehead atoms. The second-order valence-electron chi connectivity index (χ2n) is 2.47. The fourth-order valence-electron chi connectivity index (χ4n) is 0.894. The number of hydrogen-bond acceptors (Lipinski definition) is 2. The van der Waals surface area contributed by atoms with Gasteiger partial charge in [0.05, 0.1) is 10.6 Å². The zero-order valence-electron chi connectivity index (χ0n) is 6.63. The molecule has 0 fully saturated rings. The Labute approximate surface area is 76.9 Å². The Morgan fingerprint density at radius 3 is 3.08 bits per heavy atom. The van der Waals surface area contributed by atoms with Crippen molar-refractivity contribution in [2.24, 2.45) is 4.99 Å². The van der Waals surface area contributed by atoms with Gasteiger partial charge in [0.1, 0.15) is 6.07 Å². The lowest BCUT2D eigenvalue weighted by atomic mass is 10.2. The molecule has 0 aliphatic carbocycles. The Kier molecular flexibility index (Phi) is 3.56. The summed E-state index contributed by atoms with van der Waals surface area (Å²) in [4.78, 5) is 3.96. The van der Waals surface area contributed by atoms with E-state index in [1.54, 1.807) is 6.21 Å². The topological polar surface area (TPSA) is 36.1 Å². The van der Waals surface area contributed by atoms with Crippen molar-refractivity contribution in [2.75, 3.05) is 0 Å². The van der Waals surface area contributed by atoms with Gasteiger partial charge < -0.3 is 0 Å². The highest BCUT2D eigenvalue weighted by atomic mass is 35.5. The van der Waals surface area contributed by atoms with Crippen LogP contribution in [0.2, 0.25) is 0 Å². The maximum absolute atomic E-state index is 8.65. The van der Waals surface area contributed by atoms with E-state index >= 15 is 0 Å². The zero-order valence-corrected chi connectivity index (χ0v) is 7.38. The Balaban J connectivity index is 2.89. The summed E-state index contributed by atoms with van der Waals surface area (Å²) in [5.41, 5.74) is 0.440. The molecule has 0 spiro atoms. The third-order valence-corrected chi connectivity index (χ3v) is 1.91. The standard InChI is InChI=1S/C9H9ClN2/c10-9-4-2-1-3-5-12-7-8(9)6-11/h4-5,7H,1-3H2/b8-7-,9-4+,12-5-. The van der Waals surface area contributed by atoms with E-state index in [0.29, 0.717) is 10.6 Å². The van der Waals surface area contributed by atoms with Crippen LogP contribution in [0.5, 0.6) is 0 Å². The minimum Gasteiger partial charge on any atom is -0.268 e. The molecule has 0 unspecified atom stereocenters. The first-order valence-electron chi connectivity index (χ1n) is 3.82. The number of aliphatic imine (C=N–C) groups is 1. The van der Waals surface area contributed by atoms with Crippen molar-refractivity contribution >= 4 is 17.8 Å². The van der Waals surface area contributed by atoms with Crippen LogP contribution in [0.3, 0.4) is 0 Å². The van der Waals surface area contributed by atoms with Crippen molar-refractivity contribution in [1.29, 1.82) is 5.26 Å². The molecule has 0 radical (unpaired) electrons. The predicted octanol–water partition coefficient (Wildman–Crippen LogP) is 2.77. The molecule has 1 aliphatic heterocycles. The highest BCUT2D eigenvalue weighted by Crippen LogP contribution is 2.16. The molecule has 2 nitrogen and oxygen atoms in total. The molecule has 62 valence electrons. The molecule has 1 heterocycles. The van der Waals surface area contributed by atoms with Gasteiger partial charge in [0.15, 0.2) is 0 Å². The summed E-state index contributed by atoms with van der Waals surface area (Å²) in [7, 11) is 0. The Hall–Kier alpha value is -1.07. The van der Waals surface area contributed by atoms with E-state index in [1.807, 2.05) is 12.1 Å². The second kappa shape index (κ2) is 4.74. The van der Waals surface area contributed by atoms with Gasteiger partial charge >= 0.3 is 0 Å². The maximum atomic E-state index is 8.65. The average molecular weight is 181 g/mol. The molecular formula is C9H9ClN2. The lowest BCUT2D eigenvalue weighted by Crippen LogP contribution is -1.77. The van der Waals surface area contributed by atoms with Gasteiger partial charge in [-0.3, -0.25) is 4.99 Å². The number of halogens is 1. The van der Waals surface area contributed by atoms with Crippen LogP contribution < -0.4 is 0 Å². The zero-order chi connectivity index (χ0) is 8.81. The summed E-state index contributed by atoms with van der Waals surface area (Å²) in [6.45, 7) is 0. The molecule has 0 N–H and O–H groups in total. The van der Waals surface area contributed by atoms with Crippen LogP contribution in [0.1, 0.15) is 19.3 Å². The van der Waals surface area contributed by atoms with E-state index in [1.165, 1.54) is 6.20 Å². The molecule has 0 aromatic carbocycles. The smallest absolute Gasteiger partial charge is 0.102 e. The van der Waals surface area contributed by atoms with E-state index < -0.39 is 0 Å². The van der Waals surface area contributed by atoms with Gasteiger partial charge in [0, 0.05) is 12.4 Å². The molecular weight excluding hydrogens is 172 g/mol. The molecule has 3 heteroatoms. The normalized spacial score (nSPS) is 29.3. The lowest BCUT2D eigenvalue weighted by molar-refractivity contribution is 0.903. The van der Waals surface area contributed by atoms with E-state index in [-0.39, 0.29) is 0 Å². The van der Waals surface area contributed by atoms with Gasteiger partial charge in [-0.05, 0) is 19.3 Å². The van der Waals surface area contributed by atoms with E-state index in [2.05, 4.69) is 4.99 Å². The number of nitriles is 1. The number of rotatable bonds is 0. The van der Waals surface area contributed by atoms with Crippen LogP contribution >= 0.6 is 11.6 Å².